The molecule has 2 atom stereocenters. The van der Waals surface area contributed by atoms with E-state index in [2.05, 4.69) is 5.32 Å². The third-order valence-electron chi connectivity index (χ3n) is 3.66. The van der Waals surface area contributed by atoms with Gasteiger partial charge in [0.1, 0.15) is 5.76 Å². The average Bonchev–Trinajstić information content (AvgIpc) is 2.90. The lowest BCUT2D eigenvalue weighted by Crippen LogP contribution is -2.38. The van der Waals surface area contributed by atoms with Crippen LogP contribution < -0.4 is 5.32 Å². The summed E-state index contributed by atoms with van der Waals surface area (Å²) in [6.07, 6.45) is 1.11. The van der Waals surface area contributed by atoms with Crippen LogP contribution in [-0.2, 0) is 0 Å². The number of nitrogens with one attached hydrogen (secondary N) is 1. The second-order valence-electron chi connectivity index (χ2n) is 4.68. The molecule has 0 radical (unpaired) electrons. The van der Waals surface area contributed by atoms with E-state index in [-0.39, 0.29) is 5.91 Å². The van der Waals surface area contributed by atoms with Gasteiger partial charge in [-0.3, -0.25) is 4.79 Å². The van der Waals surface area contributed by atoms with E-state index in [1.54, 1.807) is 6.07 Å². The second-order valence-corrected chi connectivity index (χ2v) is 4.68. The van der Waals surface area contributed by atoms with E-state index in [9.17, 15) is 4.79 Å². The van der Waals surface area contributed by atoms with Gasteiger partial charge in [0.05, 0.1) is 0 Å². The van der Waals surface area contributed by atoms with Gasteiger partial charge in [0.25, 0.3) is 5.91 Å². The molecule has 86 valence electrons. The van der Waals surface area contributed by atoms with E-state index >= 15 is 0 Å². The first-order chi connectivity index (χ1) is 7.75. The van der Waals surface area contributed by atoms with Gasteiger partial charge in [0.15, 0.2) is 5.76 Å². The summed E-state index contributed by atoms with van der Waals surface area (Å²) in [6.45, 7) is 4.71. The molecule has 0 bridgehead atoms. The molecule has 3 heterocycles. The zero-order valence-electron chi connectivity index (χ0n) is 9.40. The standard InChI is InChI=1S/C12H16N2O2/c1-8-2-3-11(16-8)12(15)14-5-4-9-6-13-7-10(9)14/h2-3,9-10,13H,4-7H2,1H3/t9-,10+/m0/s1. The predicted molar refractivity (Wildman–Crippen MR) is 59.2 cm³/mol. The van der Waals surface area contributed by atoms with Gasteiger partial charge in [-0.1, -0.05) is 0 Å². The highest BCUT2D eigenvalue weighted by molar-refractivity contribution is 5.92. The molecule has 4 nitrogen and oxygen atoms in total. The fourth-order valence-corrected chi connectivity index (χ4v) is 2.79. The van der Waals surface area contributed by atoms with Crippen molar-refractivity contribution >= 4 is 5.91 Å². The van der Waals surface area contributed by atoms with Gasteiger partial charge in [0, 0.05) is 25.7 Å². The fraction of sp³-hybridized carbons (Fsp3) is 0.583. The first-order valence-electron chi connectivity index (χ1n) is 5.84. The number of carbonyl (C=O) groups is 1. The van der Waals surface area contributed by atoms with E-state index < -0.39 is 0 Å². The maximum absolute atomic E-state index is 12.2. The lowest BCUT2D eigenvalue weighted by Gasteiger charge is -2.22. The van der Waals surface area contributed by atoms with Crippen LogP contribution in [0.4, 0.5) is 0 Å². The summed E-state index contributed by atoms with van der Waals surface area (Å²) in [5, 5.41) is 3.34. The van der Waals surface area contributed by atoms with Crippen molar-refractivity contribution in [3.05, 3.63) is 23.7 Å². The summed E-state index contributed by atoms with van der Waals surface area (Å²) in [6, 6.07) is 3.99. The van der Waals surface area contributed by atoms with Crippen molar-refractivity contribution in [3.63, 3.8) is 0 Å². The Bertz CT molecular complexity index is 413. The Hall–Kier alpha value is -1.29. The third kappa shape index (κ3) is 1.45. The average molecular weight is 220 g/mol. The van der Waals surface area contributed by atoms with Gasteiger partial charge in [0.2, 0.25) is 0 Å². The van der Waals surface area contributed by atoms with Crippen molar-refractivity contribution in [2.45, 2.75) is 19.4 Å². The van der Waals surface area contributed by atoms with Crippen LogP contribution in [0.3, 0.4) is 0 Å². The molecule has 3 rings (SSSR count). The summed E-state index contributed by atoms with van der Waals surface area (Å²) in [4.78, 5) is 14.2. The van der Waals surface area contributed by atoms with Crippen molar-refractivity contribution in [1.82, 2.24) is 10.2 Å². The van der Waals surface area contributed by atoms with E-state index in [1.165, 1.54) is 0 Å². The number of carbonyl (C=O) groups excluding carboxylic acids is 1. The number of aryl methyl sites for hydroxylation is 1. The van der Waals surface area contributed by atoms with Crippen LogP contribution in [0.1, 0.15) is 22.7 Å². The van der Waals surface area contributed by atoms with E-state index in [0.717, 1.165) is 31.8 Å². The second kappa shape index (κ2) is 3.63. The minimum Gasteiger partial charge on any atom is -0.456 e. The molecule has 16 heavy (non-hydrogen) atoms. The van der Waals surface area contributed by atoms with Gasteiger partial charge in [-0.2, -0.15) is 0 Å². The zero-order chi connectivity index (χ0) is 11.1. The number of likely N-dealkylation sites (tertiary alicyclic amines) is 1. The van der Waals surface area contributed by atoms with Crippen LogP contribution in [0.5, 0.6) is 0 Å². The van der Waals surface area contributed by atoms with Crippen LogP contribution in [-0.4, -0.2) is 36.5 Å². The van der Waals surface area contributed by atoms with Crippen molar-refractivity contribution in [2.75, 3.05) is 19.6 Å². The highest BCUT2D eigenvalue weighted by atomic mass is 16.3. The largest absolute Gasteiger partial charge is 0.456 e. The van der Waals surface area contributed by atoms with Crippen molar-refractivity contribution < 1.29 is 9.21 Å². The van der Waals surface area contributed by atoms with Crippen LogP contribution in [0.25, 0.3) is 0 Å². The summed E-state index contributed by atoms with van der Waals surface area (Å²) in [7, 11) is 0. The van der Waals surface area contributed by atoms with Crippen molar-refractivity contribution in [3.8, 4) is 0 Å². The first-order valence-corrected chi connectivity index (χ1v) is 5.84. The third-order valence-corrected chi connectivity index (χ3v) is 3.66. The number of furan rings is 1. The Kier molecular flexibility index (Phi) is 2.24. The number of fused-ring (bicyclic) bond motifs is 1. The summed E-state index contributed by atoms with van der Waals surface area (Å²) in [5.41, 5.74) is 0. The van der Waals surface area contributed by atoms with Gasteiger partial charge < -0.3 is 14.6 Å². The molecule has 2 saturated heterocycles. The Morgan fingerprint density at radius 3 is 3.12 bits per heavy atom. The molecule has 1 N–H and O–H groups in total. The maximum Gasteiger partial charge on any atom is 0.289 e. The highest BCUT2D eigenvalue weighted by Crippen LogP contribution is 2.28. The Labute approximate surface area is 94.6 Å². The van der Waals surface area contributed by atoms with Crippen LogP contribution in [0.2, 0.25) is 0 Å². The Morgan fingerprint density at radius 1 is 1.50 bits per heavy atom. The van der Waals surface area contributed by atoms with E-state index in [1.807, 2.05) is 17.9 Å². The molecule has 1 amide bonds. The molecule has 2 fully saturated rings. The Balaban J connectivity index is 1.80. The molecule has 0 aromatic carbocycles. The zero-order valence-corrected chi connectivity index (χ0v) is 9.40. The molecule has 2 aliphatic rings. The smallest absolute Gasteiger partial charge is 0.289 e. The van der Waals surface area contributed by atoms with Crippen molar-refractivity contribution in [1.29, 1.82) is 0 Å². The number of hydrogen-bond donors (Lipinski definition) is 1. The molecule has 1 aromatic rings. The number of nitrogens with zero attached hydrogens (tertiary/aromatic N) is 1. The van der Waals surface area contributed by atoms with Gasteiger partial charge >= 0.3 is 0 Å². The summed E-state index contributed by atoms with van der Waals surface area (Å²) >= 11 is 0. The van der Waals surface area contributed by atoms with E-state index in [0.29, 0.717) is 17.7 Å². The van der Waals surface area contributed by atoms with Gasteiger partial charge in [-0.05, 0) is 31.4 Å². The molecule has 4 heteroatoms. The molecular formula is C12H16N2O2. The number of amides is 1. The quantitative estimate of drug-likeness (QED) is 0.768. The SMILES string of the molecule is Cc1ccc(C(=O)N2CC[C@H]3CNC[C@H]32)o1. The first kappa shape index (κ1) is 9.90. The summed E-state index contributed by atoms with van der Waals surface area (Å²) in [5.74, 6) is 1.96. The minimum atomic E-state index is 0.0456. The normalized spacial score (nSPS) is 28.4. The lowest BCUT2D eigenvalue weighted by atomic mass is 10.1. The Morgan fingerprint density at radius 2 is 2.38 bits per heavy atom. The number of rotatable bonds is 1. The molecular weight excluding hydrogens is 204 g/mol. The van der Waals surface area contributed by atoms with Crippen LogP contribution >= 0.6 is 0 Å². The molecule has 0 saturated carbocycles. The molecule has 0 aliphatic carbocycles. The monoisotopic (exact) mass is 220 g/mol. The topological polar surface area (TPSA) is 45.5 Å². The fourth-order valence-electron chi connectivity index (χ4n) is 2.79. The molecule has 1 aromatic heterocycles. The van der Waals surface area contributed by atoms with Crippen LogP contribution in [0, 0.1) is 12.8 Å². The lowest BCUT2D eigenvalue weighted by molar-refractivity contribution is 0.0703. The molecule has 0 spiro atoms. The maximum atomic E-state index is 12.2. The minimum absolute atomic E-state index is 0.0456. The predicted octanol–water partition coefficient (Wildman–Crippen LogP) is 1.02. The highest BCUT2D eigenvalue weighted by Gasteiger charge is 2.40. The molecule has 0 unspecified atom stereocenters. The van der Waals surface area contributed by atoms with Crippen molar-refractivity contribution in [2.24, 2.45) is 5.92 Å². The summed E-state index contributed by atoms with van der Waals surface area (Å²) < 4.78 is 5.39. The van der Waals surface area contributed by atoms with E-state index in [4.69, 9.17) is 4.42 Å². The van der Waals surface area contributed by atoms with Gasteiger partial charge in [-0.25, -0.2) is 0 Å². The number of hydrogen-bond acceptors (Lipinski definition) is 3. The van der Waals surface area contributed by atoms with Gasteiger partial charge in [-0.15, -0.1) is 0 Å². The molecule has 2 aliphatic heterocycles. The van der Waals surface area contributed by atoms with Crippen LogP contribution in [0.15, 0.2) is 16.5 Å².